The number of anilines is 2. The number of hydrogen-bond donors (Lipinski definition) is 0. The average Bonchev–Trinajstić information content (AvgIpc) is 2.81. The fourth-order valence-electron chi connectivity index (χ4n) is 3.09. The van der Waals surface area contributed by atoms with Crippen LogP contribution in [0.25, 0.3) is 14.6 Å². The van der Waals surface area contributed by atoms with Crippen molar-refractivity contribution in [1.82, 2.24) is 0 Å². The Morgan fingerprint density at radius 2 is 1.64 bits per heavy atom. The molecule has 0 saturated heterocycles. The van der Waals surface area contributed by atoms with Crippen molar-refractivity contribution in [3.8, 4) is 12.1 Å². The molecule has 0 amide bonds. The summed E-state index contributed by atoms with van der Waals surface area (Å²) in [6, 6.07) is 10.5. The molecular formula is C24H9F2N7. The normalized spacial score (nSPS) is 14.7. The fourth-order valence-corrected chi connectivity index (χ4v) is 3.09. The van der Waals surface area contributed by atoms with Gasteiger partial charge in [-0.15, -0.1) is 4.95 Å². The van der Waals surface area contributed by atoms with Crippen LogP contribution in [0.2, 0.25) is 0 Å². The third-order valence-corrected chi connectivity index (χ3v) is 4.39. The van der Waals surface area contributed by atoms with Crippen molar-refractivity contribution in [3.05, 3.63) is 123 Å². The minimum absolute atomic E-state index is 0.0259. The van der Waals surface area contributed by atoms with Gasteiger partial charge in [-0.1, -0.05) is 6.08 Å². The third-order valence-electron chi connectivity index (χ3n) is 4.39. The van der Waals surface area contributed by atoms with Crippen molar-refractivity contribution in [1.29, 1.82) is 10.5 Å². The molecule has 0 heterocycles. The minimum atomic E-state index is -0.749. The van der Waals surface area contributed by atoms with Gasteiger partial charge in [0.15, 0.2) is 11.4 Å². The van der Waals surface area contributed by atoms with E-state index in [0.717, 1.165) is 24.3 Å². The number of nitriles is 2. The molecule has 0 fully saturated rings. The molecule has 0 unspecified atom stereocenters. The molecule has 0 aromatic heterocycles. The molecule has 1 aliphatic rings. The van der Waals surface area contributed by atoms with Crippen LogP contribution in [0.1, 0.15) is 5.56 Å². The van der Waals surface area contributed by atoms with E-state index in [1.165, 1.54) is 35.3 Å². The van der Waals surface area contributed by atoms with Crippen molar-refractivity contribution in [2.75, 3.05) is 4.90 Å². The summed E-state index contributed by atoms with van der Waals surface area (Å²) in [5.74, 6) is -1.49. The van der Waals surface area contributed by atoms with Gasteiger partial charge in [-0.05, 0) is 54.1 Å². The molecule has 2 aromatic carbocycles. The Kier molecular flexibility index (Phi) is 6.37. The summed E-state index contributed by atoms with van der Waals surface area (Å²) >= 11 is 0. The lowest BCUT2D eigenvalue weighted by molar-refractivity contribution is 0.627. The zero-order chi connectivity index (χ0) is 24.0. The van der Waals surface area contributed by atoms with E-state index in [1.807, 2.05) is 6.07 Å². The van der Waals surface area contributed by atoms with Gasteiger partial charge in [0.2, 0.25) is 0 Å². The largest absolute Gasteiger partial charge is 0.309 e. The first-order valence-corrected chi connectivity index (χ1v) is 8.99. The second kappa shape index (κ2) is 9.50. The van der Waals surface area contributed by atoms with Crippen LogP contribution in [0.5, 0.6) is 0 Å². The Balaban J connectivity index is 2.42. The second-order valence-corrected chi connectivity index (χ2v) is 6.40. The van der Waals surface area contributed by atoms with Crippen LogP contribution in [-0.2, 0) is 0 Å². The summed E-state index contributed by atoms with van der Waals surface area (Å²) in [5, 5.41) is 22.3. The quantitative estimate of drug-likeness (QED) is 0.341. The molecular weight excluding hydrogens is 424 g/mol. The lowest BCUT2D eigenvalue weighted by Gasteiger charge is -2.29. The number of hydrogen-bond acceptors (Lipinski definition) is 4. The van der Waals surface area contributed by atoms with Crippen LogP contribution in [0.15, 0.2) is 76.7 Å². The van der Waals surface area contributed by atoms with Gasteiger partial charge in [-0.25, -0.2) is 23.7 Å². The summed E-state index contributed by atoms with van der Waals surface area (Å²) in [7, 11) is 0. The minimum Gasteiger partial charge on any atom is -0.309 e. The summed E-state index contributed by atoms with van der Waals surface area (Å²) < 4.78 is 28.7. The summed E-state index contributed by atoms with van der Waals surface area (Å²) in [6.07, 6.45) is 4.18. The molecule has 33 heavy (non-hydrogen) atoms. The van der Waals surface area contributed by atoms with Crippen molar-refractivity contribution in [3.63, 3.8) is 0 Å². The van der Waals surface area contributed by atoms with E-state index in [2.05, 4.69) is 19.7 Å². The highest BCUT2D eigenvalue weighted by molar-refractivity contribution is 6.14. The number of allylic oxidation sites excluding steroid dienone is 5. The first-order chi connectivity index (χ1) is 15.9. The molecule has 2 aromatic rings. The summed E-state index contributed by atoms with van der Waals surface area (Å²) in [6.45, 7) is 21.6. The lowest BCUT2D eigenvalue weighted by atomic mass is 10.0. The van der Waals surface area contributed by atoms with E-state index in [9.17, 15) is 19.3 Å². The van der Waals surface area contributed by atoms with E-state index in [1.54, 1.807) is 6.07 Å². The highest BCUT2D eigenvalue weighted by atomic mass is 19.1. The molecule has 0 radical (unpaired) electrons. The standard InChI is InChI=1S/C24H9F2N7/c1-29-19-9-18(26)11-21(12-19)33(20-7-15(13-27)6-17(25)10-20)24-8-16(23(14-28)30-2)4-5-22(24)32-31-3/h4-12H/b23-16+,32-22-. The third kappa shape index (κ3) is 4.62. The van der Waals surface area contributed by atoms with Gasteiger partial charge in [-0.2, -0.15) is 11.8 Å². The summed E-state index contributed by atoms with van der Waals surface area (Å²) in [5.41, 5.74) is 0.213. The van der Waals surface area contributed by atoms with E-state index < -0.39 is 11.6 Å². The zero-order valence-electron chi connectivity index (χ0n) is 16.6. The van der Waals surface area contributed by atoms with Crippen molar-refractivity contribution >= 4 is 22.8 Å². The molecule has 0 atom stereocenters. The molecule has 0 bridgehead atoms. The molecule has 1 aliphatic carbocycles. The van der Waals surface area contributed by atoms with Gasteiger partial charge in [0.05, 0.1) is 47.3 Å². The molecule has 0 spiro atoms. The molecule has 0 saturated carbocycles. The molecule has 0 aliphatic heterocycles. The van der Waals surface area contributed by atoms with Crippen molar-refractivity contribution in [2.45, 2.75) is 0 Å². The number of benzene rings is 2. The first kappa shape index (κ1) is 22.1. The Hall–Kier alpha value is -5.56. The lowest BCUT2D eigenvalue weighted by Crippen LogP contribution is -2.24. The Morgan fingerprint density at radius 3 is 2.24 bits per heavy atom. The van der Waals surface area contributed by atoms with Gasteiger partial charge in [-0.3, -0.25) is 0 Å². The highest BCUT2D eigenvalue weighted by Crippen LogP contribution is 2.36. The number of nitrogens with zero attached hydrogens (tertiary/aromatic N) is 7. The number of rotatable bonds is 3. The van der Waals surface area contributed by atoms with E-state index in [0.29, 0.717) is 0 Å². The monoisotopic (exact) mass is 433 g/mol. The highest BCUT2D eigenvalue weighted by Gasteiger charge is 2.25. The average molecular weight is 433 g/mol. The van der Waals surface area contributed by atoms with Crippen LogP contribution in [0, 0.1) is 54.0 Å². The van der Waals surface area contributed by atoms with E-state index in [-0.39, 0.29) is 45.3 Å². The van der Waals surface area contributed by atoms with Gasteiger partial charge in [0.1, 0.15) is 11.6 Å². The predicted molar refractivity (Wildman–Crippen MR) is 116 cm³/mol. The first-order valence-electron chi connectivity index (χ1n) is 8.99. The van der Waals surface area contributed by atoms with Crippen LogP contribution in [0.4, 0.5) is 25.8 Å². The van der Waals surface area contributed by atoms with Crippen LogP contribution >= 0.6 is 0 Å². The van der Waals surface area contributed by atoms with Crippen LogP contribution in [-0.4, -0.2) is 5.71 Å². The molecule has 9 heteroatoms. The Labute approximate surface area is 187 Å². The Bertz CT molecular complexity index is 1410. The molecule has 7 nitrogen and oxygen atoms in total. The fraction of sp³-hybridized carbons (Fsp3) is 0. The van der Waals surface area contributed by atoms with Gasteiger partial charge in [0, 0.05) is 5.69 Å². The maximum atomic E-state index is 14.3. The predicted octanol–water partition coefficient (Wildman–Crippen LogP) is 5.95. The maximum Gasteiger partial charge on any atom is 0.269 e. The molecule has 3 rings (SSSR count). The van der Waals surface area contributed by atoms with Crippen LogP contribution < -0.4 is 4.90 Å². The van der Waals surface area contributed by atoms with Crippen molar-refractivity contribution < 1.29 is 8.78 Å². The molecule has 154 valence electrons. The zero-order valence-corrected chi connectivity index (χ0v) is 16.6. The maximum absolute atomic E-state index is 14.3. The van der Waals surface area contributed by atoms with Crippen molar-refractivity contribution in [2.24, 2.45) is 5.10 Å². The second-order valence-electron chi connectivity index (χ2n) is 6.40. The Morgan fingerprint density at radius 1 is 0.939 bits per heavy atom. The smallest absolute Gasteiger partial charge is 0.269 e. The van der Waals surface area contributed by atoms with Crippen LogP contribution in [0.3, 0.4) is 0 Å². The topological polar surface area (TPSA) is 76.3 Å². The summed E-state index contributed by atoms with van der Waals surface area (Å²) in [4.78, 5) is 10.7. The van der Waals surface area contributed by atoms with Gasteiger partial charge >= 0.3 is 0 Å². The van der Waals surface area contributed by atoms with E-state index in [4.69, 9.17) is 19.7 Å². The molecule has 0 N–H and O–H groups in total. The number of halogens is 2. The van der Waals surface area contributed by atoms with E-state index >= 15 is 0 Å². The van der Waals surface area contributed by atoms with Gasteiger partial charge < -0.3 is 4.90 Å². The SMILES string of the molecule is [C-]#[N+]/N=C1C=C/C(=C(/C#N)[N+]#[C-])C=C/1N(c1cc(F)cc(C#N)c1)c1cc(F)cc([N+]#[C-])c1. The van der Waals surface area contributed by atoms with Gasteiger partial charge in [0.25, 0.3) is 5.70 Å².